The predicted octanol–water partition coefficient (Wildman–Crippen LogP) is 5.91. The third kappa shape index (κ3) is 3.55. The van der Waals surface area contributed by atoms with Crippen LogP contribution < -0.4 is 14.4 Å². The van der Waals surface area contributed by atoms with Crippen molar-refractivity contribution in [2.75, 3.05) is 25.9 Å². The van der Waals surface area contributed by atoms with Crippen LogP contribution in [0.4, 0.5) is 17.1 Å². The van der Waals surface area contributed by atoms with E-state index in [0.717, 1.165) is 16.9 Å². The van der Waals surface area contributed by atoms with Crippen LogP contribution in [0.25, 0.3) is 0 Å². The highest BCUT2D eigenvalue weighted by Gasteiger charge is 2.53. The molecule has 0 saturated carbocycles. The Bertz CT molecular complexity index is 1580. The van der Waals surface area contributed by atoms with Gasteiger partial charge in [-0.3, -0.25) is 10.1 Å². The molecule has 0 aromatic heterocycles. The maximum atomic E-state index is 13.0. The minimum absolute atomic E-state index is 0.0164. The Hall–Kier alpha value is -4.89. The van der Waals surface area contributed by atoms with E-state index < -0.39 is 16.5 Å². The van der Waals surface area contributed by atoms with Gasteiger partial charge < -0.3 is 23.8 Å². The van der Waals surface area contributed by atoms with Gasteiger partial charge in [-0.25, -0.2) is 4.79 Å². The Labute approximate surface area is 217 Å². The number of esters is 1. The standard InChI is InChI=1S/C29H22N2O7/c1-30(18-7-9-19(10-8-18)31(33)34)20-11-13-24-26(15-20)37-27-16-21(36-17-35-2)12-14-25(27)29(24)23-6-4-3-5-22(23)28(32)38-29/h3-16H,17H2,1-2H3. The lowest BCUT2D eigenvalue weighted by Gasteiger charge is -2.37. The summed E-state index contributed by atoms with van der Waals surface area (Å²) in [7, 11) is 3.40. The van der Waals surface area contributed by atoms with Gasteiger partial charge in [0.1, 0.15) is 17.2 Å². The fraction of sp³-hybridized carbons (Fsp3) is 0.138. The van der Waals surface area contributed by atoms with Crippen LogP contribution in [0.2, 0.25) is 0 Å². The Morgan fingerprint density at radius 3 is 2.32 bits per heavy atom. The summed E-state index contributed by atoms with van der Waals surface area (Å²) in [4.78, 5) is 25.6. The molecule has 9 heteroatoms. The molecule has 0 aliphatic carbocycles. The van der Waals surface area contributed by atoms with Crippen molar-refractivity contribution >= 4 is 23.0 Å². The maximum Gasteiger partial charge on any atom is 0.340 e. The lowest BCUT2D eigenvalue weighted by atomic mass is 9.77. The van der Waals surface area contributed by atoms with Crippen LogP contribution in [-0.2, 0) is 15.1 Å². The smallest absolute Gasteiger partial charge is 0.340 e. The molecule has 2 heterocycles. The minimum Gasteiger partial charge on any atom is -0.467 e. The molecule has 4 aromatic rings. The number of nitro groups is 1. The number of non-ortho nitro benzene ring substituents is 1. The monoisotopic (exact) mass is 510 g/mol. The van der Waals surface area contributed by atoms with Crippen LogP contribution in [0.15, 0.2) is 84.9 Å². The molecule has 38 heavy (non-hydrogen) atoms. The number of nitro benzene ring substituents is 1. The molecule has 0 saturated heterocycles. The summed E-state index contributed by atoms with van der Waals surface area (Å²) in [5.41, 5.74) is 2.97. The van der Waals surface area contributed by atoms with E-state index in [2.05, 4.69) is 0 Å². The molecule has 1 unspecified atom stereocenters. The number of benzene rings is 4. The number of ether oxygens (including phenoxy) is 4. The van der Waals surface area contributed by atoms with Crippen molar-refractivity contribution < 1.29 is 28.7 Å². The third-order valence-corrected chi connectivity index (χ3v) is 6.85. The van der Waals surface area contributed by atoms with Crippen molar-refractivity contribution in [3.8, 4) is 17.2 Å². The van der Waals surface area contributed by atoms with Crippen molar-refractivity contribution in [3.63, 3.8) is 0 Å². The van der Waals surface area contributed by atoms with Crippen molar-refractivity contribution in [1.29, 1.82) is 0 Å². The normalized spacial score (nSPS) is 16.6. The number of carbonyl (C=O) groups excluding carboxylic acids is 1. The second-order valence-electron chi connectivity index (χ2n) is 8.94. The minimum atomic E-state index is -1.19. The Morgan fingerprint density at radius 1 is 0.895 bits per heavy atom. The first-order valence-corrected chi connectivity index (χ1v) is 11.8. The molecule has 1 atom stereocenters. The van der Waals surface area contributed by atoms with Crippen LogP contribution in [0.3, 0.4) is 0 Å². The van der Waals surface area contributed by atoms with E-state index in [9.17, 15) is 14.9 Å². The molecule has 1 spiro atoms. The molecule has 0 bridgehead atoms. The van der Waals surface area contributed by atoms with Gasteiger partial charge in [0.05, 0.1) is 10.5 Å². The van der Waals surface area contributed by atoms with Crippen LogP contribution in [-0.4, -0.2) is 31.8 Å². The summed E-state index contributed by atoms with van der Waals surface area (Å²) in [6, 6.07) is 24.7. The van der Waals surface area contributed by atoms with Gasteiger partial charge in [-0.05, 0) is 42.5 Å². The fourth-order valence-electron chi connectivity index (χ4n) is 5.02. The first-order chi connectivity index (χ1) is 18.4. The Morgan fingerprint density at radius 2 is 1.58 bits per heavy atom. The van der Waals surface area contributed by atoms with Crippen LogP contribution in [0, 0.1) is 10.1 Å². The second-order valence-corrected chi connectivity index (χ2v) is 8.94. The van der Waals surface area contributed by atoms with E-state index in [1.54, 1.807) is 30.3 Å². The van der Waals surface area contributed by atoms with Crippen molar-refractivity contribution in [2.24, 2.45) is 0 Å². The van der Waals surface area contributed by atoms with Crippen molar-refractivity contribution in [1.82, 2.24) is 0 Å². The van der Waals surface area contributed by atoms with Gasteiger partial charge in [0, 0.05) is 66.5 Å². The zero-order chi connectivity index (χ0) is 26.4. The van der Waals surface area contributed by atoms with Crippen molar-refractivity contribution in [2.45, 2.75) is 5.60 Å². The van der Waals surface area contributed by atoms with Gasteiger partial charge in [-0.2, -0.15) is 0 Å². The molecule has 2 aliphatic rings. The van der Waals surface area contributed by atoms with Gasteiger partial charge in [0.25, 0.3) is 5.69 Å². The quantitative estimate of drug-likeness (QED) is 0.137. The van der Waals surface area contributed by atoms with E-state index in [1.165, 1.54) is 19.2 Å². The summed E-state index contributed by atoms with van der Waals surface area (Å²) in [6.07, 6.45) is 0. The first kappa shape index (κ1) is 23.5. The van der Waals surface area contributed by atoms with Gasteiger partial charge in [0.2, 0.25) is 0 Å². The number of nitrogens with zero attached hydrogens (tertiary/aromatic N) is 2. The summed E-state index contributed by atoms with van der Waals surface area (Å²) < 4.78 is 23.2. The second kappa shape index (κ2) is 8.89. The Kier molecular flexibility index (Phi) is 5.50. The average molecular weight is 511 g/mol. The maximum absolute atomic E-state index is 13.0. The highest BCUT2D eigenvalue weighted by Crippen LogP contribution is 2.57. The molecule has 6 rings (SSSR count). The third-order valence-electron chi connectivity index (χ3n) is 6.85. The SMILES string of the molecule is COCOc1ccc2c(c1)Oc1cc(N(C)c3ccc([N+](=O)[O-])cc3)ccc1C21OC(=O)c2ccccc21. The number of carbonyl (C=O) groups is 1. The van der Waals surface area contributed by atoms with E-state index in [0.29, 0.717) is 33.9 Å². The van der Waals surface area contributed by atoms with Crippen molar-refractivity contribution in [3.05, 3.63) is 117 Å². The van der Waals surface area contributed by atoms with E-state index in [4.69, 9.17) is 18.9 Å². The van der Waals surface area contributed by atoms with Gasteiger partial charge in [-0.15, -0.1) is 0 Å². The molecule has 190 valence electrons. The topological polar surface area (TPSA) is 100 Å². The van der Waals surface area contributed by atoms with Gasteiger partial charge >= 0.3 is 5.97 Å². The zero-order valence-corrected chi connectivity index (χ0v) is 20.5. The van der Waals surface area contributed by atoms with Crippen LogP contribution >= 0.6 is 0 Å². The highest BCUT2D eigenvalue weighted by molar-refractivity contribution is 5.97. The number of methoxy groups -OCH3 is 1. The molecular weight excluding hydrogens is 488 g/mol. The molecule has 0 N–H and O–H groups in total. The largest absolute Gasteiger partial charge is 0.467 e. The van der Waals surface area contributed by atoms with E-state index in [-0.39, 0.29) is 12.5 Å². The number of fused-ring (bicyclic) bond motifs is 6. The van der Waals surface area contributed by atoms with E-state index in [1.807, 2.05) is 54.4 Å². The summed E-state index contributed by atoms with van der Waals surface area (Å²) in [5, 5.41) is 11.1. The molecular formula is C29H22N2O7. The number of hydrogen-bond acceptors (Lipinski definition) is 8. The van der Waals surface area contributed by atoms with Crippen LogP contribution in [0.1, 0.15) is 27.0 Å². The summed E-state index contributed by atoms with van der Waals surface area (Å²) in [5.74, 6) is 1.13. The molecule has 2 aliphatic heterocycles. The first-order valence-electron chi connectivity index (χ1n) is 11.8. The summed E-state index contributed by atoms with van der Waals surface area (Å²) in [6.45, 7) is 0.0719. The fourth-order valence-corrected chi connectivity index (χ4v) is 5.02. The number of hydrogen-bond donors (Lipinski definition) is 0. The average Bonchev–Trinajstić information content (AvgIpc) is 3.23. The molecule has 9 nitrogen and oxygen atoms in total. The van der Waals surface area contributed by atoms with Gasteiger partial charge in [-0.1, -0.05) is 18.2 Å². The molecule has 0 radical (unpaired) electrons. The molecule has 0 amide bonds. The van der Waals surface area contributed by atoms with Gasteiger partial charge in [0.15, 0.2) is 12.4 Å². The number of anilines is 2. The lowest BCUT2D eigenvalue weighted by molar-refractivity contribution is -0.384. The molecule has 4 aromatic carbocycles. The number of rotatable bonds is 6. The predicted molar refractivity (Wildman–Crippen MR) is 138 cm³/mol. The lowest BCUT2D eigenvalue weighted by Crippen LogP contribution is -2.33. The summed E-state index contributed by atoms with van der Waals surface area (Å²) >= 11 is 0. The molecule has 0 fully saturated rings. The Balaban J connectivity index is 1.48. The van der Waals surface area contributed by atoms with E-state index >= 15 is 0 Å². The van der Waals surface area contributed by atoms with Crippen LogP contribution in [0.5, 0.6) is 17.2 Å². The highest BCUT2D eigenvalue weighted by atomic mass is 16.7. The zero-order valence-electron chi connectivity index (χ0n) is 20.5.